The highest BCUT2D eigenvalue weighted by atomic mass is 32.2. The van der Waals surface area contributed by atoms with Crippen LogP contribution < -0.4 is 5.73 Å². The summed E-state index contributed by atoms with van der Waals surface area (Å²) in [4.78, 5) is 0. The highest BCUT2D eigenvalue weighted by Gasteiger charge is 2.44. The second-order valence-corrected chi connectivity index (χ2v) is 4.73. The predicted molar refractivity (Wildman–Crippen MR) is 48.7 cm³/mol. The fourth-order valence-corrected chi connectivity index (χ4v) is 1.13. The third kappa shape index (κ3) is 6.69. The molecular formula is C7H14F3NO3S. The lowest BCUT2D eigenvalue weighted by Crippen LogP contribution is -2.22. The summed E-state index contributed by atoms with van der Waals surface area (Å²) in [5, 5.41) is 0. The predicted octanol–water partition coefficient (Wildman–Crippen LogP) is 1.67. The average molecular weight is 249 g/mol. The molecule has 0 amide bonds. The normalized spacial score (nSPS) is 19.3. The first-order valence-electron chi connectivity index (χ1n) is 4.44. The number of rotatable bonds is 0. The van der Waals surface area contributed by atoms with E-state index in [9.17, 15) is 13.2 Å². The first kappa shape index (κ1) is 14.7. The van der Waals surface area contributed by atoms with Crippen LogP contribution in [0.1, 0.15) is 32.1 Å². The molecule has 8 heteroatoms. The summed E-state index contributed by atoms with van der Waals surface area (Å²) in [5.74, 6) is 0. The maximum atomic E-state index is 10.7. The number of halogens is 3. The van der Waals surface area contributed by atoms with Gasteiger partial charge in [0.1, 0.15) is 0 Å². The van der Waals surface area contributed by atoms with Crippen molar-refractivity contribution in [1.82, 2.24) is 0 Å². The third-order valence-corrected chi connectivity index (χ3v) is 2.53. The van der Waals surface area contributed by atoms with Gasteiger partial charge in [-0.25, -0.2) is 0 Å². The van der Waals surface area contributed by atoms with Crippen molar-refractivity contribution in [3.63, 3.8) is 0 Å². The smallest absolute Gasteiger partial charge is 0.328 e. The zero-order valence-electron chi connectivity index (χ0n) is 8.00. The van der Waals surface area contributed by atoms with Crippen LogP contribution in [0.3, 0.4) is 0 Å². The lowest BCUT2D eigenvalue weighted by molar-refractivity contribution is -0.0510. The van der Waals surface area contributed by atoms with Gasteiger partial charge in [-0.1, -0.05) is 19.3 Å². The fraction of sp³-hybridized carbons (Fsp3) is 1.00. The summed E-state index contributed by atoms with van der Waals surface area (Å²) in [5.41, 5.74) is 0.100. The molecule has 0 unspecified atom stereocenters. The minimum atomic E-state index is -5.84. The van der Waals surface area contributed by atoms with Crippen LogP contribution in [-0.4, -0.2) is 24.5 Å². The van der Waals surface area contributed by atoms with E-state index in [1.54, 1.807) is 0 Å². The molecule has 4 nitrogen and oxygen atoms in total. The molecule has 1 aliphatic carbocycles. The molecule has 3 N–H and O–H groups in total. The van der Waals surface area contributed by atoms with Crippen LogP contribution in [0, 0.1) is 0 Å². The Balaban J connectivity index is 0.000000262. The zero-order valence-corrected chi connectivity index (χ0v) is 8.81. The van der Waals surface area contributed by atoms with Crippen LogP contribution in [0.4, 0.5) is 13.2 Å². The fourth-order valence-electron chi connectivity index (χ4n) is 1.13. The Morgan fingerprint density at radius 1 is 1.13 bits per heavy atom. The molecule has 1 saturated carbocycles. The Hall–Kier alpha value is -0.340. The van der Waals surface area contributed by atoms with Crippen LogP contribution in [0.2, 0.25) is 0 Å². The van der Waals surface area contributed by atoms with E-state index in [-0.39, 0.29) is 0 Å². The minimum absolute atomic E-state index is 0.536. The van der Waals surface area contributed by atoms with Crippen molar-refractivity contribution in [3.8, 4) is 0 Å². The van der Waals surface area contributed by atoms with Crippen molar-refractivity contribution in [2.24, 2.45) is 5.73 Å². The molecule has 1 rings (SSSR count). The molecule has 0 aliphatic heterocycles. The van der Waals surface area contributed by atoms with E-state index in [1.165, 1.54) is 32.1 Å². The molecule has 0 heterocycles. The molecule has 0 saturated heterocycles. The largest absolute Gasteiger partial charge is 0.522 e. The second-order valence-electron chi connectivity index (χ2n) is 3.32. The van der Waals surface area contributed by atoms with Crippen molar-refractivity contribution in [2.75, 3.05) is 0 Å². The second kappa shape index (κ2) is 5.66. The topological polar surface area (TPSA) is 80.4 Å². The van der Waals surface area contributed by atoms with E-state index in [1.807, 2.05) is 0 Å². The Labute approximate surface area is 86.4 Å². The minimum Gasteiger partial charge on any atom is -0.328 e. The average Bonchev–Trinajstić information content (AvgIpc) is 2.02. The van der Waals surface area contributed by atoms with Gasteiger partial charge in [0.2, 0.25) is 0 Å². The summed E-state index contributed by atoms with van der Waals surface area (Å²) in [6, 6.07) is 0.536. The van der Waals surface area contributed by atoms with Crippen LogP contribution in [0.15, 0.2) is 0 Å². The number of alkyl halides is 3. The highest BCUT2D eigenvalue weighted by Crippen LogP contribution is 2.20. The van der Waals surface area contributed by atoms with Crippen molar-refractivity contribution >= 4 is 10.1 Å². The molecule has 0 atom stereocenters. The molecular weight excluding hydrogens is 235 g/mol. The highest BCUT2D eigenvalue weighted by molar-refractivity contribution is 7.86. The van der Waals surface area contributed by atoms with Gasteiger partial charge >= 0.3 is 15.6 Å². The Morgan fingerprint density at radius 2 is 1.47 bits per heavy atom. The lowest BCUT2D eigenvalue weighted by Gasteiger charge is -2.15. The quantitative estimate of drug-likeness (QED) is 0.505. The van der Waals surface area contributed by atoms with E-state index in [0.29, 0.717) is 6.04 Å². The third-order valence-electron chi connectivity index (χ3n) is 1.94. The van der Waals surface area contributed by atoms with E-state index in [4.69, 9.17) is 18.7 Å². The monoisotopic (exact) mass is 249 g/mol. The summed E-state index contributed by atoms with van der Waals surface area (Å²) in [6.45, 7) is 0. The van der Waals surface area contributed by atoms with Crippen LogP contribution >= 0.6 is 0 Å². The van der Waals surface area contributed by atoms with Gasteiger partial charge in [0.15, 0.2) is 0 Å². The summed E-state index contributed by atoms with van der Waals surface area (Å²) in [6.07, 6.45) is 6.66. The molecule has 0 radical (unpaired) electrons. The molecule has 0 bridgehead atoms. The van der Waals surface area contributed by atoms with Gasteiger partial charge in [-0.15, -0.1) is 0 Å². The van der Waals surface area contributed by atoms with Crippen molar-refractivity contribution in [1.29, 1.82) is 0 Å². The molecule has 0 aromatic carbocycles. The SMILES string of the molecule is NC1CCCCC1.O=S(=O)(O)C(F)(F)F. The van der Waals surface area contributed by atoms with E-state index >= 15 is 0 Å². The molecule has 0 aromatic rings. The van der Waals surface area contributed by atoms with Gasteiger partial charge in [0.25, 0.3) is 0 Å². The summed E-state index contributed by atoms with van der Waals surface area (Å²) < 4.78 is 57.5. The number of hydrogen-bond acceptors (Lipinski definition) is 3. The van der Waals surface area contributed by atoms with E-state index in [0.717, 1.165) is 0 Å². The van der Waals surface area contributed by atoms with Crippen LogP contribution in [-0.2, 0) is 10.1 Å². The van der Waals surface area contributed by atoms with E-state index in [2.05, 4.69) is 0 Å². The number of hydrogen-bond donors (Lipinski definition) is 2. The molecule has 0 spiro atoms. The Bertz CT molecular complexity index is 270. The van der Waals surface area contributed by atoms with Gasteiger partial charge in [-0.05, 0) is 12.8 Å². The molecule has 15 heavy (non-hydrogen) atoms. The molecule has 1 fully saturated rings. The molecule has 1 aliphatic rings. The molecule has 0 aromatic heterocycles. The maximum absolute atomic E-state index is 10.7. The van der Waals surface area contributed by atoms with Gasteiger partial charge in [0.05, 0.1) is 0 Å². The standard InChI is InChI=1S/C6H13N.CHF3O3S/c7-6-4-2-1-3-5-6;2-1(3,4)8(5,6)7/h6H,1-5,7H2;(H,5,6,7). The summed E-state index contributed by atoms with van der Waals surface area (Å²) in [7, 11) is -5.84. The molecule has 92 valence electrons. The Morgan fingerprint density at radius 3 is 1.60 bits per heavy atom. The van der Waals surface area contributed by atoms with Gasteiger partial charge in [-0.3, -0.25) is 4.55 Å². The van der Waals surface area contributed by atoms with Crippen LogP contribution in [0.5, 0.6) is 0 Å². The first-order valence-corrected chi connectivity index (χ1v) is 5.88. The Kier molecular flexibility index (Phi) is 5.54. The van der Waals surface area contributed by atoms with E-state index < -0.39 is 15.6 Å². The first-order chi connectivity index (χ1) is 6.64. The maximum Gasteiger partial charge on any atom is 0.522 e. The number of nitrogens with two attached hydrogens (primary N) is 1. The van der Waals surface area contributed by atoms with Crippen molar-refractivity contribution < 1.29 is 26.1 Å². The summed E-state index contributed by atoms with van der Waals surface area (Å²) >= 11 is 0. The van der Waals surface area contributed by atoms with Crippen molar-refractivity contribution in [3.05, 3.63) is 0 Å². The van der Waals surface area contributed by atoms with Gasteiger partial charge in [-0.2, -0.15) is 21.6 Å². The van der Waals surface area contributed by atoms with Gasteiger partial charge < -0.3 is 5.73 Å². The zero-order chi connectivity index (χ0) is 12.1. The van der Waals surface area contributed by atoms with Gasteiger partial charge in [0, 0.05) is 6.04 Å². The van der Waals surface area contributed by atoms with Crippen molar-refractivity contribution in [2.45, 2.75) is 43.7 Å². The lowest BCUT2D eigenvalue weighted by atomic mass is 9.97. The van der Waals surface area contributed by atoms with Crippen LogP contribution in [0.25, 0.3) is 0 Å².